The topological polar surface area (TPSA) is 85.4 Å². The normalized spacial score (nSPS) is 12.4. The van der Waals surface area contributed by atoms with Gasteiger partial charge in [0.15, 0.2) is 11.5 Å². The zero-order valence-corrected chi connectivity index (χ0v) is 16.0. The van der Waals surface area contributed by atoms with Gasteiger partial charge in [0.2, 0.25) is 5.82 Å². The molecule has 1 amide bonds. The number of carbonyl (C=O) groups is 1. The van der Waals surface area contributed by atoms with Gasteiger partial charge in [0, 0.05) is 22.8 Å². The molecule has 2 N–H and O–H groups in total. The van der Waals surface area contributed by atoms with Gasteiger partial charge in [-0.1, -0.05) is 30.3 Å². The van der Waals surface area contributed by atoms with Crippen molar-refractivity contribution in [3.8, 4) is 11.5 Å². The fourth-order valence-electron chi connectivity index (χ4n) is 3.24. The van der Waals surface area contributed by atoms with Gasteiger partial charge in [-0.25, -0.2) is 9.97 Å². The van der Waals surface area contributed by atoms with E-state index < -0.39 is 5.91 Å². The highest BCUT2D eigenvalue weighted by molar-refractivity contribution is 6.04. The maximum Gasteiger partial charge on any atom is 0.293 e. The molecule has 4 aromatic rings. The van der Waals surface area contributed by atoms with Gasteiger partial charge < -0.3 is 20.1 Å². The Labute approximate surface area is 172 Å². The number of nitrogens with zero attached hydrogens (tertiary/aromatic N) is 2. The average Bonchev–Trinajstić information content (AvgIpc) is 2.79. The van der Waals surface area contributed by atoms with Crippen LogP contribution in [0.25, 0.3) is 10.9 Å². The van der Waals surface area contributed by atoms with Crippen molar-refractivity contribution in [1.29, 1.82) is 0 Å². The summed E-state index contributed by atoms with van der Waals surface area (Å²) in [6.07, 6.45) is 0. The Balaban J connectivity index is 1.47. The standard InChI is InChI=1S/C23H18N4O3/c28-23(25-16-10-11-19-20(14-16)30-13-12-29-19)22-26-18-9-5-4-8-17(18)21(27-22)24-15-6-2-1-3-7-15/h1-11,14H,12-13H2,(H,25,28)(H,24,26,27). The Hall–Kier alpha value is -4.13. The summed E-state index contributed by atoms with van der Waals surface area (Å²) >= 11 is 0. The maximum absolute atomic E-state index is 12.9. The number of hydrogen-bond donors (Lipinski definition) is 2. The van der Waals surface area contributed by atoms with Crippen LogP contribution in [0, 0.1) is 0 Å². The number of aromatic nitrogens is 2. The van der Waals surface area contributed by atoms with Gasteiger partial charge in [0.1, 0.15) is 19.0 Å². The molecule has 0 atom stereocenters. The van der Waals surface area contributed by atoms with Crippen molar-refractivity contribution in [2.24, 2.45) is 0 Å². The molecule has 0 bridgehead atoms. The lowest BCUT2D eigenvalue weighted by Crippen LogP contribution is -2.18. The van der Waals surface area contributed by atoms with Crippen LogP contribution in [0.4, 0.5) is 17.2 Å². The predicted molar refractivity (Wildman–Crippen MR) is 115 cm³/mol. The van der Waals surface area contributed by atoms with Gasteiger partial charge in [0.05, 0.1) is 5.52 Å². The molecule has 0 unspecified atom stereocenters. The molecule has 30 heavy (non-hydrogen) atoms. The number of fused-ring (bicyclic) bond motifs is 2. The van der Waals surface area contributed by atoms with Gasteiger partial charge in [-0.15, -0.1) is 0 Å². The summed E-state index contributed by atoms with van der Waals surface area (Å²) in [6.45, 7) is 0.994. The van der Waals surface area contributed by atoms with Crippen LogP contribution in [0.15, 0.2) is 72.8 Å². The molecule has 1 aromatic heterocycles. The minimum Gasteiger partial charge on any atom is -0.486 e. The van der Waals surface area contributed by atoms with E-state index >= 15 is 0 Å². The Morgan fingerprint density at radius 3 is 2.43 bits per heavy atom. The first-order valence-electron chi connectivity index (χ1n) is 9.56. The molecule has 1 aliphatic rings. The van der Waals surface area contributed by atoms with E-state index in [4.69, 9.17) is 9.47 Å². The molecule has 3 aromatic carbocycles. The molecule has 0 fully saturated rings. The van der Waals surface area contributed by atoms with Crippen molar-refractivity contribution in [2.45, 2.75) is 0 Å². The maximum atomic E-state index is 12.9. The van der Waals surface area contributed by atoms with Gasteiger partial charge in [-0.2, -0.15) is 0 Å². The number of para-hydroxylation sites is 2. The summed E-state index contributed by atoms with van der Waals surface area (Å²) in [4.78, 5) is 21.8. The van der Waals surface area contributed by atoms with E-state index in [0.29, 0.717) is 41.7 Å². The molecule has 0 aliphatic carbocycles. The molecule has 0 spiro atoms. The molecule has 2 heterocycles. The third-order valence-corrected chi connectivity index (χ3v) is 4.64. The number of hydrogen-bond acceptors (Lipinski definition) is 6. The van der Waals surface area contributed by atoms with Gasteiger partial charge >= 0.3 is 0 Å². The van der Waals surface area contributed by atoms with E-state index in [0.717, 1.165) is 11.1 Å². The van der Waals surface area contributed by atoms with Crippen LogP contribution in [-0.2, 0) is 0 Å². The van der Waals surface area contributed by atoms with Crippen LogP contribution in [0.5, 0.6) is 11.5 Å². The van der Waals surface area contributed by atoms with Crippen LogP contribution in [0.2, 0.25) is 0 Å². The highest BCUT2D eigenvalue weighted by Gasteiger charge is 2.17. The quantitative estimate of drug-likeness (QED) is 0.530. The van der Waals surface area contributed by atoms with Crippen LogP contribution in [0.3, 0.4) is 0 Å². The molecule has 7 heteroatoms. The Morgan fingerprint density at radius 2 is 1.57 bits per heavy atom. The first kappa shape index (κ1) is 17.9. The third-order valence-electron chi connectivity index (χ3n) is 4.64. The lowest BCUT2D eigenvalue weighted by molar-refractivity contribution is 0.101. The van der Waals surface area contributed by atoms with E-state index in [2.05, 4.69) is 20.6 Å². The molecule has 0 radical (unpaired) electrons. The van der Waals surface area contributed by atoms with E-state index in [-0.39, 0.29) is 5.82 Å². The number of nitrogens with one attached hydrogen (secondary N) is 2. The molecular weight excluding hydrogens is 380 g/mol. The van der Waals surface area contributed by atoms with E-state index in [1.807, 2.05) is 54.6 Å². The first-order chi connectivity index (χ1) is 14.8. The van der Waals surface area contributed by atoms with Gasteiger partial charge in [-0.05, 0) is 36.4 Å². The lowest BCUT2D eigenvalue weighted by Gasteiger charge is -2.19. The fourth-order valence-corrected chi connectivity index (χ4v) is 3.24. The number of ether oxygens (including phenoxy) is 2. The fraction of sp³-hybridized carbons (Fsp3) is 0.0870. The second-order valence-corrected chi connectivity index (χ2v) is 6.72. The number of amides is 1. The zero-order valence-electron chi connectivity index (χ0n) is 16.0. The minimum absolute atomic E-state index is 0.0713. The van der Waals surface area contributed by atoms with Crippen LogP contribution < -0.4 is 20.1 Å². The third kappa shape index (κ3) is 3.60. The highest BCUT2D eigenvalue weighted by Crippen LogP contribution is 2.32. The predicted octanol–water partition coefficient (Wildman–Crippen LogP) is 4.40. The number of anilines is 3. The summed E-state index contributed by atoms with van der Waals surface area (Å²) in [5.41, 5.74) is 2.14. The Kier molecular flexibility index (Phi) is 4.61. The van der Waals surface area contributed by atoms with Gasteiger partial charge in [-0.3, -0.25) is 4.79 Å². The lowest BCUT2D eigenvalue weighted by atomic mass is 10.2. The van der Waals surface area contributed by atoms with Crippen molar-refractivity contribution in [3.63, 3.8) is 0 Å². The number of carbonyl (C=O) groups excluding carboxylic acids is 1. The average molecular weight is 398 g/mol. The first-order valence-corrected chi connectivity index (χ1v) is 9.56. The van der Waals surface area contributed by atoms with Crippen LogP contribution in [-0.4, -0.2) is 29.1 Å². The summed E-state index contributed by atoms with van der Waals surface area (Å²) in [6, 6.07) is 22.5. The van der Waals surface area contributed by atoms with E-state index in [1.165, 1.54) is 0 Å². The van der Waals surface area contributed by atoms with E-state index in [1.54, 1.807) is 18.2 Å². The smallest absolute Gasteiger partial charge is 0.293 e. The Morgan fingerprint density at radius 1 is 0.800 bits per heavy atom. The number of rotatable bonds is 4. The Bertz CT molecular complexity index is 1230. The van der Waals surface area contributed by atoms with Crippen LogP contribution >= 0.6 is 0 Å². The molecule has 148 valence electrons. The molecule has 0 saturated heterocycles. The summed E-state index contributed by atoms with van der Waals surface area (Å²) in [7, 11) is 0. The zero-order chi connectivity index (χ0) is 20.3. The minimum atomic E-state index is -0.409. The van der Waals surface area contributed by atoms with Crippen molar-refractivity contribution in [2.75, 3.05) is 23.8 Å². The van der Waals surface area contributed by atoms with Crippen molar-refractivity contribution >= 4 is 34.0 Å². The van der Waals surface area contributed by atoms with Crippen LogP contribution in [0.1, 0.15) is 10.6 Å². The molecule has 1 aliphatic heterocycles. The molecule has 5 rings (SSSR count). The monoisotopic (exact) mass is 398 g/mol. The largest absolute Gasteiger partial charge is 0.486 e. The summed E-state index contributed by atoms with van der Waals surface area (Å²) < 4.78 is 11.1. The second-order valence-electron chi connectivity index (χ2n) is 6.72. The highest BCUT2D eigenvalue weighted by atomic mass is 16.6. The van der Waals surface area contributed by atoms with Crippen molar-refractivity contribution < 1.29 is 14.3 Å². The summed E-state index contributed by atoms with van der Waals surface area (Å²) in [5, 5.41) is 6.95. The second kappa shape index (κ2) is 7.71. The van der Waals surface area contributed by atoms with Crippen molar-refractivity contribution in [1.82, 2.24) is 9.97 Å². The van der Waals surface area contributed by atoms with Gasteiger partial charge in [0.25, 0.3) is 5.91 Å². The number of benzene rings is 3. The summed E-state index contributed by atoms with van der Waals surface area (Å²) in [5.74, 6) is 1.50. The van der Waals surface area contributed by atoms with E-state index in [9.17, 15) is 4.79 Å². The molecular formula is C23H18N4O3. The van der Waals surface area contributed by atoms with Crippen molar-refractivity contribution in [3.05, 3.63) is 78.6 Å². The molecule has 7 nitrogen and oxygen atoms in total. The molecule has 0 saturated carbocycles. The SMILES string of the molecule is O=C(Nc1ccc2c(c1)OCCO2)c1nc(Nc2ccccc2)c2ccccc2n1.